The average Bonchev–Trinajstić information content (AvgIpc) is 3.18. The number of halogens is 2. The molecule has 0 radical (unpaired) electrons. The van der Waals surface area contributed by atoms with E-state index in [0.29, 0.717) is 11.8 Å². The molecule has 2 atom stereocenters. The van der Waals surface area contributed by atoms with Crippen molar-refractivity contribution < 1.29 is 20.8 Å². The number of hydrogen-bond donors (Lipinski definition) is 0. The summed E-state index contributed by atoms with van der Waals surface area (Å²) >= 11 is -0.826. The summed E-state index contributed by atoms with van der Waals surface area (Å²) in [4.78, 5) is 0. The third-order valence-corrected chi connectivity index (χ3v) is 5.37. The van der Waals surface area contributed by atoms with Crippen LogP contribution in [0.2, 0.25) is 0 Å². The van der Waals surface area contributed by atoms with Crippen molar-refractivity contribution in [3.8, 4) is 0 Å². The molecule has 0 amide bonds. The molecule has 25 heavy (non-hydrogen) atoms. The summed E-state index contributed by atoms with van der Waals surface area (Å²) in [5, 5.41) is 0. The van der Waals surface area contributed by atoms with Gasteiger partial charge in [-0.05, 0) is 29.2 Å². The summed E-state index contributed by atoms with van der Waals surface area (Å²) in [5.41, 5.74) is 7.39. The monoisotopic (exact) mass is 446 g/mol. The minimum absolute atomic E-state index is 0.101. The average molecular weight is 449 g/mol. The topological polar surface area (TPSA) is 0 Å². The van der Waals surface area contributed by atoms with Gasteiger partial charge in [0.15, 0.2) is 0 Å². The number of fused-ring (bicyclic) bond motifs is 3. The molecule has 4 rings (SSSR count). The molecule has 0 aromatic heterocycles. The van der Waals surface area contributed by atoms with Gasteiger partial charge in [-0.15, -0.1) is 0 Å². The van der Waals surface area contributed by atoms with E-state index in [2.05, 4.69) is 87.6 Å². The van der Waals surface area contributed by atoms with E-state index in [-0.39, 0.29) is 5.41 Å². The first-order valence-corrected chi connectivity index (χ1v) is 14.9. The summed E-state index contributed by atoms with van der Waals surface area (Å²) in [7, 11) is 9.87. The molecular weight excluding hydrogens is 426 g/mol. The van der Waals surface area contributed by atoms with Crippen molar-refractivity contribution in [3.63, 3.8) is 0 Å². The van der Waals surface area contributed by atoms with Crippen LogP contribution in [0.15, 0.2) is 77.9 Å². The van der Waals surface area contributed by atoms with E-state index in [0.717, 1.165) is 0 Å². The molecule has 3 heteroatoms. The van der Waals surface area contributed by atoms with Crippen LogP contribution in [-0.2, 0) is 20.8 Å². The summed E-state index contributed by atoms with van der Waals surface area (Å²) in [6.07, 6.45) is 16.0. The van der Waals surface area contributed by atoms with E-state index in [1.54, 1.807) is 0 Å². The first kappa shape index (κ1) is 19.2. The molecule has 0 N–H and O–H groups in total. The maximum atomic E-state index is 4.93. The van der Waals surface area contributed by atoms with Gasteiger partial charge in [0, 0.05) is 17.3 Å². The SMILES string of the molecule is CC1=CC(C(C)(C)C2=C3C=CC=CC3c3ccccc32)C=C1.[Cl][Zr][Cl]. The second kappa shape index (κ2) is 7.95. The van der Waals surface area contributed by atoms with Crippen LogP contribution in [-0.4, -0.2) is 0 Å². The number of allylic oxidation sites excluding steroid dienone is 10. The van der Waals surface area contributed by atoms with E-state index < -0.39 is 20.8 Å². The zero-order valence-electron chi connectivity index (χ0n) is 14.8. The van der Waals surface area contributed by atoms with E-state index in [4.69, 9.17) is 17.0 Å². The second-order valence-corrected chi connectivity index (χ2v) is 11.0. The van der Waals surface area contributed by atoms with Gasteiger partial charge in [-0.3, -0.25) is 0 Å². The van der Waals surface area contributed by atoms with Crippen molar-refractivity contribution in [1.82, 2.24) is 0 Å². The van der Waals surface area contributed by atoms with Gasteiger partial charge in [0.2, 0.25) is 0 Å². The third-order valence-electron chi connectivity index (χ3n) is 5.37. The molecule has 0 saturated carbocycles. The quantitative estimate of drug-likeness (QED) is 0.449. The second-order valence-electron chi connectivity index (χ2n) is 7.23. The molecule has 1 aromatic carbocycles. The predicted octanol–water partition coefficient (Wildman–Crippen LogP) is 7.20. The van der Waals surface area contributed by atoms with Crippen LogP contribution in [0, 0.1) is 11.3 Å². The molecule has 0 saturated heterocycles. The molecule has 0 bridgehead atoms. The Balaban J connectivity index is 0.000000569. The Morgan fingerprint density at radius 3 is 2.40 bits per heavy atom. The summed E-state index contributed by atoms with van der Waals surface area (Å²) < 4.78 is 0. The zero-order chi connectivity index (χ0) is 18.0. The Bertz CT molecular complexity index is 809. The predicted molar refractivity (Wildman–Crippen MR) is 106 cm³/mol. The van der Waals surface area contributed by atoms with Gasteiger partial charge in [0.05, 0.1) is 0 Å². The van der Waals surface area contributed by atoms with Crippen molar-refractivity contribution in [3.05, 3.63) is 89.1 Å². The number of benzene rings is 1. The van der Waals surface area contributed by atoms with Crippen LogP contribution in [0.25, 0.3) is 5.57 Å². The van der Waals surface area contributed by atoms with Crippen LogP contribution in [0.4, 0.5) is 0 Å². The Labute approximate surface area is 169 Å². The number of hydrogen-bond acceptors (Lipinski definition) is 0. The van der Waals surface area contributed by atoms with Gasteiger partial charge in [-0.25, -0.2) is 0 Å². The fourth-order valence-corrected chi connectivity index (χ4v) is 4.19. The molecule has 1 aromatic rings. The molecule has 0 spiro atoms. The summed E-state index contributed by atoms with van der Waals surface area (Å²) in [6, 6.07) is 8.93. The van der Waals surface area contributed by atoms with Gasteiger partial charge >= 0.3 is 37.9 Å². The summed E-state index contributed by atoms with van der Waals surface area (Å²) in [6.45, 7) is 6.98. The van der Waals surface area contributed by atoms with Crippen LogP contribution in [0.1, 0.15) is 37.8 Å². The molecule has 0 fully saturated rings. The normalized spacial score (nSPS) is 23.0. The molecule has 128 valence electrons. The van der Waals surface area contributed by atoms with Crippen molar-refractivity contribution in [1.29, 1.82) is 0 Å². The number of rotatable bonds is 2. The first-order valence-electron chi connectivity index (χ1n) is 8.52. The Kier molecular flexibility index (Phi) is 6.09. The fourth-order valence-electron chi connectivity index (χ4n) is 4.19. The van der Waals surface area contributed by atoms with Crippen LogP contribution in [0.5, 0.6) is 0 Å². The molecular formula is C22H22Cl2Zr. The fraction of sp³-hybridized carbons (Fsp3) is 0.273. The van der Waals surface area contributed by atoms with Crippen molar-refractivity contribution in [2.24, 2.45) is 11.3 Å². The Hall–Kier alpha value is -0.617. The van der Waals surface area contributed by atoms with Gasteiger partial charge in [-0.2, -0.15) is 0 Å². The molecule has 2 unspecified atom stereocenters. The van der Waals surface area contributed by atoms with Crippen LogP contribution in [0.3, 0.4) is 0 Å². The van der Waals surface area contributed by atoms with E-state index in [9.17, 15) is 0 Å². The first-order chi connectivity index (χ1) is 12.0. The van der Waals surface area contributed by atoms with Gasteiger partial charge in [0.1, 0.15) is 0 Å². The van der Waals surface area contributed by atoms with Crippen molar-refractivity contribution >= 4 is 22.6 Å². The molecule has 3 aliphatic rings. The Morgan fingerprint density at radius 2 is 1.72 bits per heavy atom. The van der Waals surface area contributed by atoms with E-state index in [1.807, 2.05) is 0 Å². The molecule has 3 aliphatic carbocycles. The summed E-state index contributed by atoms with van der Waals surface area (Å²) in [5.74, 6) is 0.909. The van der Waals surface area contributed by atoms with Gasteiger partial charge in [0.25, 0.3) is 0 Å². The maximum absolute atomic E-state index is 4.93. The minimum atomic E-state index is -0.826. The molecule has 0 nitrogen and oxygen atoms in total. The van der Waals surface area contributed by atoms with E-state index in [1.165, 1.54) is 27.8 Å². The molecule has 0 heterocycles. The molecule has 0 aliphatic heterocycles. The zero-order valence-corrected chi connectivity index (χ0v) is 18.7. The van der Waals surface area contributed by atoms with E-state index >= 15 is 0 Å². The van der Waals surface area contributed by atoms with Crippen LogP contribution >= 0.6 is 17.0 Å². The van der Waals surface area contributed by atoms with Gasteiger partial charge in [-0.1, -0.05) is 86.2 Å². The van der Waals surface area contributed by atoms with Crippen molar-refractivity contribution in [2.45, 2.75) is 26.7 Å². The standard InChI is InChI=1S/C22H22.2ClH.Zr/c1-15-12-13-16(14-15)22(2,3)21-19-10-6-4-8-17(19)18-9-5-7-11-20(18)21;;;/h4-14,16-17H,1-3H3;2*1H;/q;;;+2/p-2. The van der Waals surface area contributed by atoms with Gasteiger partial charge < -0.3 is 0 Å². The Morgan fingerprint density at radius 1 is 1.00 bits per heavy atom. The van der Waals surface area contributed by atoms with Crippen LogP contribution < -0.4 is 0 Å². The van der Waals surface area contributed by atoms with Crippen molar-refractivity contribution in [2.75, 3.05) is 0 Å². The third kappa shape index (κ3) is 3.62.